The zero-order chi connectivity index (χ0) is 12.1. The van der Waals surface area contributed by atoms with Crippen molar-refractivity contribution in [3.8, 4) is 0 Å². The summed E-state index contributed by atoms with van der Waals surface area (Å²) in [6.07, 6.45) is 2.46. The summed E-state index contributed by atoms with van der Waals surface area (Å²) in [7, 11) is 3.79. The zero-order valence-electron chi connectivity index (χ0n) is 9.48. The molecule has 0 saturated carbocycles. The van der Waals surface area contributed by atoms with Crippen LogP contribution in [0.25, 0.3) is 0 Å². The molecule has 90 valence electrons. The Morgan fingerprint density at radius 3 is 2.88 bits per heavy atom. The maximum absolute atomic E-state index is 10.3. The molecule has 0 aliphatic heterocycles. The Morgan fingerprint density at radius 2 is 2.38 bits per heavy atom. The monoisotopic (exact) mass is 245 g/mol. The van der Waals surface area contributed by atoms with E-state index in [2.05, 4.69) is 4.98 Å². The second-order valence-corrected chi connectivity index (χ2v) is 4.18. The molecule has 1 heterocycles. The van der Waals surface area contributed by atoms with Crippen molar-refractivity contribution in [2.24, 2.45) is 7.05 Å². The first kappa shape index (κ1) is 13.0. The minimum absolute atomic E-state index is 0.200. The van der Waals surface area contributed by atoms with Crippen molar-refractivity contribution >= 4 is 17.6 Å². The highest BCUT2D eigenvalue weighted by atomic mass is 35.5. The number of carboxylic acids is 1. The number of carboxylic acid groups (broad SMARTS) is 1. The molecule has 0 atom stereocenters. The van der Waals surface area contributed by atoms with Crippen molar-refractivity contribution < 1.29 is 9.90 Å². The second-order valence-electron chi connectivity index (χ2n) is 3.79. The third-order valence-electron chi connectivity index (χ3n) is 2.37. The third kappa shape index (κ3) is 3.83. The van der Waals surface area contributed by atoms with Crippen LogP contribution in [0.5, 0.6) is 0 Å². The quantitative estimate of drug-likeness (QED) is 0.823. The van der Waals surface area contributed by atoms with E-state index in [1.54, 1.807) is 6.20 Å². The predicted molar refractivity (Wildman–Crippen MR) is 61.4 cm³/mol. The maximum Gasteiger partial charge on any atom is 0.303 e. The first-order chi connectivity index (χ1) is 7.50. The van der Waals surface area contributed by atoms with Crippen LogP contribution in [0.4, 0.5) is 0 Å². The van der Waals surface area contributed by atoms with Crippen LogP contribution in [0.3, 0.4) is 0 Å². The Labute approximate surface area is 99.6 Å². The van der Waals surface area contributed by atoms with Crippen molar-refractivity contribution in [2.75, 3.05) is 13.6 Å². The largest absolute Gasteiger partial charge is 0.481 e. The van der Waals surface area contributed by atoms with Crippen LogP contribution in [-0.2, 0) is 18.4 Å². The molecule has 6 heteroatoms. The van der Waals surface area contributed by atoms with E-state index < -0.39 is 5.97 Å². The van der Waals surface area contributed by atoms with Crippen LogP contribution in [0.15, 0.2) is 6.20 Å². The summed E-state index contributed by atoms with van der Waals surface area (Å²) in [5, 5.41) is 9.12. The molecule has 1 rings (SSSR count). The minimum Gasteiger partial charge on any atom is -0.481 e. The van der Waals surface area contributed by atoms with Gasteiger partial charge in [0.05, 0.1) is 12.7 Å². The first-order valence-corrected chi connectivity index (χ1v) is 5.45. The zero-order valence-corrected chi connectivity index (χ0v) is 10.2. The topological polar surface area (TPSA) is 58.4 Å². The van der Waals surface area contributed by atoms with Gasteiger partial charge in [-0.3, -0.25) is 9.69 Å². The number of rotatable bonds is 6. The molecule has 0 unspecified atom stereocenters. The Kier molecular flexibility index (Phi) is 4.76. The highest BCUT2D eigenvalue weighted by Crippen LogP contribution is 2.10. The van der Waals surface area contributed by atoms with Gasteiger partial charge in [-0.05, 0) is 20.0 Å². The molecule has 0 saturated heterocycles. The lowest BCUT2D eigenvalue weighted by Gasteiger charge is -2.15. The Bertz CT molecular complexity index is 365. The third-order valence-corrected chi connectivity index (χ3v) is 2.72. The number of hydrogen-bond acceptors (Lipinski definition) is 3. The van der Waals surface area contributed by atoms with Gasteiger partial charge < -0.3 is 9.67 Å². The van der Waals surface area contributed by atoms with E-state index in [4.69, 9.17) is 16.7 Å². The van der Waals surface area contributed by atoms with Crippen molar-refractivity contribution in [3.05, 3.63) is 17.2 Å². The van der Waals surface area contributed by atoms with Gasteiger partial charge in [-0.2, -0.15) is 0 Å². The number of hydrogen-bond donors (Lipinski definition) is 1. The smallest absolute Gasteiger partial charge is 0.303 e. The fraction of sp³-hybridized carbons (Fsp3) is 0.600. The Hall–Kier alpha value is -1.07. The Balaban J connectivity index is 2.37. The van der Waals surface area contributed by atoms with Crippen molar-refractivity contribution in [1.82, 2.24) is 14.5 Å². The van der Waals surface area contributed by atoms with Crippen molar-refractivity contribution in [3.63, 3.8) is 0 Å². The molecule has 1 aromatic heterocycles. The molecule has 1 aromatic rings. The van der Waals surface area contributed by atoms with E-state index in [1.807, 2.05) is 23.6 Å². The molecule has 0 aliphatic rings. The molecular weight excluding hydrogens is 230 g/mol. The molecule has 0 amide bonds. The van der Waals surface area contributed by atoms with Gasteiger partial charge >= 0.3 is 5.97 Å². The summed E-state index contributed by atoms with van der Waals surface area (Å²) in [5.41, 5.74) is 0. The van der Waals surface area contributed by atoms with Crippen molar-refractivity contribution in [1.29, 1.82) is 0 Å². The highest BCUT2D eigenvalue weighted by Gasteiger charge is 2.07. The van der Waals surface area contributed by atoms with Crippen LogP contribution >= 0.6 is 11.6 Å². The Morgan fingerprint density at radius 1 is 1.69 bits per heavy atom. The average molecular weight is 246 g/mol. The normalized spacial score (nSPS) is 11.0. The molecule has 0 fully saturated rings. The van der Waals surface area contributed by atoms with Gasteiger partial charge in [0.15, 0.2) is 0 Å². The van der Waals surface area contributed by atoms with Gasteiger partial charge in [-0.15, -0.1) is 0 Å². The predicted octanol–water partition coefficient (Wildman–Crippen LogP) is 1.37. The lowest BCUT2D eigenvalue weighted by atomic mass is 10.3. The summed E-state index contributed by atoms with van der Waals surface area (Å²) in [4.78, 5) is 16.5. The van der Waals surface area contributed by atoms with Gasteiger partial charge in [0, 0.05) is 13.5 Å². The van der Waals surface area contributed by atoms with Gasteiger partial charge in [0.1, 0.15) is 11.0 Å². The SMILES string of the molecule is CN(CCCC(=O)O)Cc1ncc(Cl)n1C. The van der Waals surface area contributed by atoms with E-state index >= 15 is 0 Å². The van der Waals surface area contributed by atoms with E-state index in [0.29, 0.717) is 18.1 Å². The molecule has 16 heavy (non-hydrogen) atoms. The molecule has 0 aliphatic carbocycles. The fourth-order valence-electron chi connectivity index (χ4n) is 1.39. The fourth-order valence-corrected chi connectivity index (χ4v) is 1.54. The van der Waals surface area contributed by atoms with Crippen LogP contribution in [-0.4, -0.2) is 39.1 Å². The van der Waals surface area contributed by atoms with Crippen LogP contribution < -0.4 is 0 Å². The molecular formula is C10H16ClN3O2. The van der Waals surface area contributed by atoms with Crippen LogP contribution in [0.2, 0.25) is 5.15 Å². The van der Waals surface area contributed by atoms with E-state index in [9.17, 15) is 4.79 Å². The van der Waals surface area contributed by atoms with Gasteiger partial charge in [0.25, 0.3) is 0 Å². The molecule has 1 N–H and O–H groups in total. The number of carbonyl (C=O) groups is 1. The summed E-state index contributed by atoms with van der Waals surface area (Å²) < 4.78 is 1.81. The molecule has 0 spiro atoms. The maximum atomic E-state index is 10.3. The second kappa shape index (κ2) is 5.86. The lowest BCUT2D eigenvalue weighted by molar-refractivity contribution is -0.137. The highest BCUT2D eigenvalue weighted by molar-refractivity contribution is 6.29. The summed E-state index contributed by atoms with van der Waals surface area (Å²) in [6.45, 7) is 1.40. The van der Waals surface area contributed by atoms with Gasteiger partial charge in [-0.25, -0.2) is 4.98 Å². The number of aliphatic carboxylic acids is 1. The number of nitrogens with zero attached hydrogens (tertiary/aromatic N) is 3. The van der Waals surface area contributed by atoms with Gasteiger partial charge in [0.2, 0.25) is 0 Å². The first-order valence-electron chi connectivity index (χ1n) is 5.07. The average Bonchev–Trinajstić information content (AvgIpc) is 2.49. The molecule has 0 radical (unpaired) electrons. The summed E-state index contributed by atoms with van der Waals surface area (Å²) >= 11 is 5.86. The summed E-state index contributed by atoms with van der Waals surface area (Å²) in [6, 6.07) is 0. The number of imidazole rings is 1. The van der Waals surface area contributed by atoms with E-state index in [0.717, 1.165) is 12.4 Å². The van der Waals surface area contributed by atoms with E-state index in [1.165, 1.54) is 0 Å². The lowest BCUT2D eigenvalue weighted by Crippen LogP contribution is -2.21. The van der Waals surface area contributed by atoms with Crippen molar-refractivity contribution in [2.45, 2.75) is 19.4 Å². The van der Waals surface area contributed by atoms with E-state index in [-0.39, 0.29) is 6.42 Å². The molecule has 0 bridgehead atoms. The van der Waals surface area contributed by atoms with Crippen LogP contribution in [0, 0.1) is 0 Å². The summed E-state index contributed by atoms with van der Waals surface area (Å²) in [5.74, 6) is 0.122. The number of halogens is 1. The van der Waals surface area contributed by atoms with Gasteiger partial charge in [-0.1, -0.05) is 11.6 Å². The van der Waals surface area contributed by atoms with Crippen LogP contribution in [0.1, 0.15) is 18.7 Å². The minimum atomic E-state index is -0.756. The standard InChI is InChI=1S/C10H16ClN3O2/c1-13(5-3-4-10(15)16)7-9-12-6-8(11)14(9)2/h6H,3-5,7H2,1-2H3,(H,15,16). The molecule has 5 nitrogen and oxygen atoms in total. The molecule has 0 aromatic carbocycles. The number of aromatic nitrogens is 2.